The Hall–Kier alpha value is -1.08. The average molecular weight is 217 g/mol. The van der Waals surface area contributed by atoms with Gasteiger partial charge in [0, 0.05) is 6.04 Å². The van der Waals surface area contributed by atoms with Gasteiger partial charge in [0.15, 0.2) is 0 Å². The molecule has 0 heterocycles. The molecule has 1 N–H and O–H groups in total. The minimum absolute atomic E-state index is 0.404. The van der Waals surface area contributed by atoms with Crippen molar-refractivity contribution in [1.82, 2.24) is 5.32 Å². The van der Waals surface area contributed by atoms with E-state index in [1.54, 1.807) is 0 Å². The van der Waals surface area contributed by atoms with E-state index in [9.17, 15) is 0 Å². The maximum atomic E-state index is 4.07. The lowest BCUT2D eigenvalue weighted by molar-refractivity contribution is 0.563. The van der Waals surface area contributed by atoms with Crippen LogP contribution in [0, 0.1) is 6.92 Å². The second kappa shape index (κ2) is 6.49. The quantitative estimate of drug-likeness (QED) is 0.719. The van der Waals surface area contributed by atoms with Crippen LogP contribution in [0.1, 0.15) is 31.4 Å². The fourth-order valence-electron chi connectivity index (χ4n) is 1.80. The Morgan fingerprint density at radius 1 is 1.38 bits per heavy atom. The summed E-state index contributed by atoms with van der Waals surface area (Å²) in [6.45, 7) is 11.6. The van der Waals surface area contributed by atoms with E-state index >= 15 is 0 Å². The smallest absolute Gasteiger partial charge is 0.0314 e. The zero-order valence-electron chi connectivity index (χ0n) is 10.7. The van der Waals surface area contributed by atoms with E-state index in [1.807, 2.05) is 0 Å². The Bertz CT molecular complexity index is 341. The highest BCUT2D eigenvalue weighted by Gasteiger charge is 2.10. The Balaban J connectivity index is 2.68. The van der Waals surface area contributed by atoms with Crippen LogP contribution in [0.25, 0.3) is 0 Å². The molecule has 0 radical (unpaired) electrons. The highest BCUT2D eigenvalue weighted by molar-refractivity contribution is 5.27. The fourth-order valence-corrected chi connectivity index (χ4v) is 1.80. The molecule has 0 fully saturated rings. The van der Waals surface area contributed by atoms with Gasteiger partial charge < -0.3 is 5.32 Å². The van der Waals surface area contributed by atoms with Gasteiger partial charge in [-0.25, -0.2) is 0 Å². The molecule has 1 atom stereocenters. The summed E-state index contributed by atoms with van der Waals surface area (Å²) >= 11 is 0. The third-order valence-corrected chi connectivity index (χ3v) is 2.92. The first-order chi connectivity index (χ1) is 7.65. The van der Waals surface area contributed by atoms with Crippen molar-refractivity contribution >= 4 is 0 Å². The van der Waals surface area contributed by atoms with Gasteiger partial charge in [0.1, 0.15) is 0 Å². The normalized spacial score (nSPS) is 12.4. The van der Waals surface area contributed by atoms with Crippen LogP contribution in [0.5, 0.6) is 0 Å². The van der Waals surface area contributed by atoms with Crippen LogP contribution in [0.4, 0.5) is 0 Å². The Morgan fingerprint density at radius 3 is 2.62 bits per heavy atom. The lowest BCUT2D eigenvalue weighted by Crippen LogP contribution is -2.32. The first-order valence-corrected chi connectivity index (χ1v) is 6.08. The summed E-state index contributed by atoms with van der Waals surface area (Å²) in [7, 11) is 0. The zero-order chi connectivity index (χ0) is 12.0. The second-order valence-corrected chi connectivity index (χ2v) is 4.48. The lowest BCUT2D eigenvalue weighted by atomic mass is 9.97. The first-order valence-electron chi connectivity index (χ1n) is 6.08. The van der Waals surface area contributed by atoms with Gasteiger partial charge >= 0.3 is 0 Å². The largest absolute Gasteiger partial charge is 0.310 e. The monoisotopic (exact) mass is 217 g/mol. The van der Waals surface area contributed by atoms with Gasteiger partial charge in [0.25, 0.3) is 0 Å². The molecule has 16 heavy (non-hydrogen) atoms. The third-order valence-electron chi connectivity index (χ3n) is 2.92. The van der Waals surface area contributed by atoms with Crippen molar-refractivity contribution in [3.8, 4) is 0 Å². The molecule has 0 saturated carbocycles. The van der Waals surface area contributed by atoms with Crippen molar-refractivity contribution in [3.05, 3.63) is 47.5 Å². The highest BCUT2D eigenvalue weighted by Crippen LogP contribution is 2.13. The second-order valence-electron chi connectivity index (χ2n) is 4.48. The molecule has 1 nitrogen and oxygen atoms in total. The zero-order valence-corrected chi connectivity index (χ0v) is 10.7. The maximum absolute atomic E-state index is 4.07. The topological polar surface area (TPSA) is 12.0 Å². The third kappa shape index (κ3) is 3.82. The number of rotatable bonds is 6. The molecule has 1 unspecified atom stereocenters. The van der Waals surface area contributed by atoms with Crippen LogP contribution >= 0.6 is 0 Å². The summed E-state index contributed by atoms with van der Waals surface area (Å²) in [6.07, 6.45) is 2.21. The molecule has 0 aromatic heterocycles. The fraction of sp³-hybridized carbons (Fsp3) is 0.467. The molecule has 0 bridgehead atoms. The number of aryl methyl sites for hydroxylation is 1. The van der Waals surface area contributed by atoms with Crippen molar-refractivity contribution in [3.63, 3.8) is 0 Å². The maximum Gasteiger partial charge on any atom is 0.0314 e. The van der Waals surface area contributed by atoms with Crippen LogP contribution in [0.15, 0.2) is 36.4 Å². The van der Waals surface area contributed by atoms with Crippen LogP contribution < -0.4 is 5.32 Å². The first kappa shape index (κ1) is 13.0. The minimum Gasteiger partial charge on any atom is -0.310 e. The van der Waals surface area contributed by atoms with Gasteiger partial charge in [-0.05, 0) is 44.4 Å². The van der Waals surface area contributed by atoms with Crippen LogP contribution in [-0.2, 0) is 6.42 Å². The predicted octanol–water partition coefficient (Wildman–Crippen LogP) is 3.48. The Kier molecular flexibility index (Phi) is 5.27. The number of nitrogens with one attached hydrogen (secondary N) is 1. The molecule has 0 spiro atoms. The van der Waals surface area contributed by atoms with Crippen molar-refractivity contribution in [1.29, 1.82) is 0 Å². The van der Waals surface area contributed by atoms with Crippen molar-refractivity contribution in [2.24, 2.45) is 0 Å². The van der Waals surface area contributed by atoms with Crippen LogP contribution in [0.2, 0.25) is 0 Å². The van der Waals surface area contributed by atoms with E-state index in [-0.39, 0.29) is 0 Å². The molecule has 0 aliphatic rings. The minimum atomic E-state index is 0.404. The molecule has 1 rings (SSSR count). The molecular weight excluding hydrogens is 194 g/mol. The standard InChI is InChI=1S/C15H23N/c1-5-10-16-15(12(2)3)11-14-9-7-6-8-13(14)4/h6-9,15-16H,2,5,10-11H2,1,3-4H3. The summed E-state index contributed by atoms with van der Waals surface area (Å²) in [6, 6.07) is 8.98. The predicted molar refractivity (Wildman–Crippen MR) is 71.8 cm³/mol. The number of hydrogen-bond acceptors (Lipinski definition) is 1. The highest BCUT2D eigenvalue weighted by atomic mass is 14.9. The summed E-state index contributed by atoms with van der Waals surface area (Å²) in [5.41, 5.74) is 4.00. The summed E-state index contributed by atoms with van der Waals surface area (Å²) in [5, 5.41) is 3.55. The number of hydrogen-bond donors (Lipinski definition) is 1. The molecule has 1 aromatic rings. The van der Waals surface area contributed by atoms with Gasteiger partial charge in [0.05, 0.1) is 0 Å². The molecule has 0 aliphatic heterocycles. The van der Waals surface area contributed by atoms with Crippen molar-refractivity contribution in [2.75, 3.05) is 6.54 Å². The average Bonchev–Trinajstić information content (AvgIpc) is 2.26. The molecule has 1 aromatic carbocycles. The Labute approximate surface area is 99.6 Å². The SMILES string of the molecule is C=C(C)C(Cc1ccccc1C)NCCC. The van der Waals surface area contributed by atoms with Gasteiger partial charge in [0.2, 0.25) is 0 Å². The molecule has 0 amide bonds. The van der Waals surface area contributed by atoms with Gasteiger partial charge in [-0.2, -0.15) is 0 Å². The van der Waals surface area contributed by atoms with Gasteiger partial charge in [-0.3, -0.25) is 0 Å². The summed E-state index contributed by atoms with van der Waals surface area (Å²) in [5.74, 6) is 0. The lowest BCUT2D eigenvalue weighted by Gasteiger charge is -2.19. The number of benzene rings is 1. The van der Waals surface area contributed by atoms with Crippen molar-refractivity contribution in [2.45, 2.75) is 39.7 Å². The van der Waals surface area contributed by atoms with Crippen LogP contribution in [-0.4, -0.2) is 12.6 Å². The van der Waals surface area contributed by atoms with Crippen LogP contribution in [0.3, 0.4) is 0 Å². The van der Waals surface area contributed by atoms with E-state index < -0.39 is 0 Å². The van der Waals surface area contributed by atoms with E-state index in [4.69, 9.17) is 0 Å². The molecular formula is C15H23N. The van der Waals surface area contributed by atoms with E-state index in [2.05, 4.69) is 56.9 Å². The summed E-state index contributed by atoms with van der Waals surface area (Å²) < 4.78 is 0. The Morgan fingerprint density at radius 2 is 2.06 bits per heavy atom. The molecule has 88 valence electrons. The summed E-state index contributed by atoms with van der Waals surface area (Å²) in [4.78, 5) is 0. The van der Waals surface area contributed by atoms with E-state index in [0.717, 1.165) is 19.4 Å². The van der Waals surface area contributed by atoms with E-state index in [1.165, 1.54) is 16.7 Å². The van der Waals surface area contributed by atoms with Crippen molar-refractivity contribution < 1.29 is 0 Å². The molecule has 1 heteroatoms. The van der Waals surface area contributed by atoms with E-state index in [0.29, 0.717) is 6.04 Å². The molecule has 0 aliphatic carbocycles. The molecule has 0 saturated heterocycles. The van der Waals surface area contributed by atoms with Gasteiger partial charge in [-0.1, -0.05) is 43.3 Å². The van der Waals surface area contributed by atoms with Gasteiger partial charge in [-0.15, -0.1) is 0 Å².